The average molecular weight is 322 g/mol. The monoisotopic (exact) mass is 321 g/mol. The zero-order valence-corrected chi connectivity index (χ0v) is 13.5. The van der Waals surface area contributed by atoms with E-state index in [-0.39, 0.29) is 0 Å². The molecular formula is C15H20BrN3. The molecule has 4 heteroatoms. The summed E-state index contributed by atoms with van der Waals surface area (Å²) in [4.78, 5) is 0. The Labute approximate surface area is 123 Å². The highest BCUT2D eigenvalue weighted by Crippen LogP contribution is 2.20. The highest BCUT2D eigenvalue weighted by molar-refractivity contribution is 9.10. The van der Waals surface area contributed by atoms with Gasteiger partial charge in [0.1, 0.15) is 0 Å². The Bertz CT molecular complexity index is 573. The van der Waals surface area contributed by atoms with Crippen molar-refractivity contribution in [1.82, 2.24) is 9.78 Å². The minimum atomic E-state index is 0.393. The zero-order valence-electron chi connectivity index (χ0n) is 11.9. The van der Waals surface area contributed by atoms with Gasteiger partial charge in [0, 0.05) is 23.3 Å². The number of hydrogen-bond acceptors (Lipinski definition) is 2. The van der Waals surface area contributed by atoms with Gasteiger partial charge in [-0.3, -0.25) is 4.68 Å². The fourth-order valence-corrected chi connectivity index (χ4v) is 2.18. The zero-order chi connectivity index (χ0) is 14.0. The topological polar surface area (TPSA) is 29.9 Å². The molecule has 102 valence electrons. The predicted molar refractivity (Wildman–Crippen MR) is 83.6 cm³/mol. The standard InChI is InChI=1S/C15H20BrN3/c1-10(2)19-9-15(12(4)18-19)17-8-13-5-6-14(16)11(3)7-13/h5-7,9-10,17H,8H2,1-4H3. The molecule has 0 fully saturated rings. The van der Waals surface area contributed by atoms with Crippen LogP contribution in [0.3, 0.4) is 0 Å². The lowest BCUT2D eigenvalue weighted by molar-refractivity contribution is 0.529. The summed E-state index contributed by atoms with van der Waals surface area (Å²) in [6.07, 6.45) is 2.08. The van der Waals surface area contributed by atoms with E-state index in [4.69, 9.17) is 0 Å². The van der Waals surface area contributed by atoms with Crippen LogP contribution in [0.15, 0.2) is 28.9 Å². The van der Waals surface area contributed by atoms with Crippen LogP contribution in [0.25, 0.3) is 0 Å². The third-order valence-corrected chi connectivity index (χ3v) is 4.04. The Morgan fingerprint density at radius 3 is 2.63 bits per heavy atom. The number of nitrogens with one attached hydrogen (secondary N) is 1. The molecule has 19 heavy (non-hydrogen) atoms. The lowest BCUT2D eigenvalue weighted by Gasteiger charge is -2.07. The van der Waals surface area contributed by atoms with Crippen molar-refractivity contribution in [3.63, 3.8) is 0 Å². The first-order valence-electron chi connectivity index (χ1n) is 6.52. The van der Waals surface area contributed by atoms with E-state index >= 15 is 0 Å². The molecule has 0 aliphatic carbocycles. The molecule has 0 radical (unpaired) electrons. The molecule has 2 aromatic rings. The molecule has 1 heterocycles. The van der Waals surface area contributed by atoms with E-state index in [1.807, 2.05) is 11.6 Å². The van der Waals surface area contributed by atoms with Gasteiger partial charge < -0.3 is 5.32 Å². The van der Waals surface area contributed by atoms with Crippen molar-refractivity contribution in [3.8, 4) is 0 Å². The van der Waals surface area contributed by atoms with Gasteiger partial charge in [-0.2, -0.15) is 5.10 Å². The number of hydrogen-bond donors (Lipinski definition) is 1. The molecule has 0 bridgehead atoms. The van der Waals surface area contributed by atoms with Gasteiger partial charge in [0.05, 0.1) is 11.4 Å². The van der Waals surface area contributed by atoms with Gasteiger partial charge in [0.2, 0.25) is 0 Å². The molecule has 0 spiro atoms. The van der Waals surface area contributed by atoms with Crippen LogP contribution in [0.2, 0.25) is 0 Å². The number of anilines is 1. The van der Waals surface area contributed by atoms with Crippen LogP contribution in [-0.2, 0) is 6.54 Å². The van der Waals surface area contributed by atoms with Gasteiger partial charge in [0.25, 0.3) is 0 Å². The Morgan fingerprint density at radius 1 is 1.32 bits per heavy atom. The first-order chi connectivity index (χ1) is 8.97. The molecule has 0 saturated carbocycles. The minimum absolute atomic E-state index is 0.393. The van der Waals surface area contributed by atoms with Crippen molar-refractivity contribution < 1.29 is 0 Å². The number of halogens is 1. The molecule has 1 N–H and O–H groups in total. The summed E-state index contributed by atoms with van der Waals surface area (Å²) >= 11 is 3.52. The number of nitrogens with zero attached hydrogens (tertiary/aromatic N) is 2. The van der Waals surface area contributed by atoms with E-state index in [0.29, 0.717) is 6.04 Å². The number of aromatic nitrogens is 2. The van der Waals surface area contributed by atoms with E-state index in [0.717, 1.165) is 22.4 Å². The van der Waals surface area contributed by atoms with Gasteiger partial charge in [-0.1, -0.05) is 28.1 Å². The third kappa shape index (κ3) is 3.38. The third-order valence-electron chi connectivity index (χ3n) is 3.15. The molecule has 0 aliphatic heterocycles. The first-order valence-corrected chi connectivity index (χ1v) is 7.31. The molecule has 0 unspecified atom stereocenters. The first kappa shape index (κ1) is 14.1. The second kappa shape index (κ2) is 5.78. The average Bonchev–Trinajstić information content (AvgIpc) is 2.73. The highest BCUT2D eigenvalue weighted by Gasteiger charge is 2.06. The maximum atomic E-state index is 4.50. The SMILES string of the molecule is Cc1cc(CNc2cn(C(C)C)nc2C)ccc1Br. The van der Waals surface area contributed by atoms with Crippen molar-refractivity contribution in [2.45, 2.75) is 40.3 Å². The smallest absolute Gasteiger partial charge is 0.0825 e. The van der Waals surface area contributed by atoms with Gasteiger partial charge in [0.15, 0.2) is 0 Å². The van der Waals surface area contributed by atoms with Crippen LogP contribution < -0.4 is 5.32 Å². The van der Waals surface area contributed by atoms with Gasteiger partial charge >= 0.3 is 0 Å². The maximum absolute atomic E-state index is 4.50. The van der Waals surface area contributed by atoms with Crippen LogP contribution in [-0.4, -0.2) is 9.78 Å². The lowest BCUT2D eigenvalue weighted by atomic mass is 10.1. The fraction of sp³-hybridized carbons (Fsp3) is 0.400. The molecule has 0 aliphatic rings. The molecule has 2 rings (SSSR count). The summed E-state index contributed by atoms with van der Waals surface area (Å²) in [5.74, 6) is 0. The summed E-state index contributed by atoms with van der Waals surface area (Å²) < 4.78 is 3.14. The predicted octanol–water partition coefficient (Wildman–Crippen LogP) is 4.46. The highest BCUT2D eigenvalue weighted by atomic mass is 79.9. The Balaban J connectivity index is 2.07. The van der Waals surface area contributed by atoms with Gasteiger partial charge in [-0.05, 0) is 44.9 Å². The molecular weight excluding hydrogens is 302 g/mol. The quantitative estimate of drug-likeness (QED) is 0.901. The Morgan fingerprint density at radius 2 is 2.05 bits per heavy atom. The van der Waals surface area contributed by atoms with E-state index in [1.54, 1.807) is 0 Å². The number of rotatable bonds is 4. The second-order valence-electron chi connectivity index (χ2n) is 5.14. The van der Waals surface area contributed by atoms with Crippen molar-refractivity contribution in [3.05, 3.63) is 45.7 Å². The molecule has 0 saturated heterocycles. The van der Waals surface area contributed by atoms with Crippen LogP contribution >= 0.6 is 15.9 Å². The largest absolute Gasteiger partial charge is 0.378 e. The van der Waals surface area contributed by atoms with Crippen LogP contribution in [0.4, 0.5) is 5.69 Å². The Hall–Kier alpha value is -1.29. The van der Waals surface area contributed by atoms with Gasteiger partial charge in [-0.15, -0.1) is 0 Å². The van der Waals surface area contributed by atoms with E-state index in [9.17, 15) is 0 Å². The van der Waals surface area contributed by atoms with Crippen molar-refractivity contribution in [2.75, 3.05) is 5.32 Å². The van der Waals surface area contributed by atoms with Crippen molar-refractivity contribution in [1.29, 1.82) is 0 Å². The Kier molecular flexibility index (Phi) is 4.30. The molecule has 1 aromatic carbocycles. The summed E-state index contributed by atoms with van der Waals surface area (Å²) in [6, 6.07) is 6.81. The van der Waals surface area contributed by atoms with Crippen molar-refractivity contribution >= 4 is 21.6 Å². The van der Waals surface area contributed by atoms with E-state index in [1.165, 1.54) is 11.1 Å². The number of aryl methyl sites for hydroxylation is 2. The summed E-state index contributed by atoms with van der Waals surface area (Å²) in [6.45, 7) is 9.23. The van der Waals surface area contributed by atoms with E-state index in [2.05, 4.69) is 71.5 Å². The van der Waals surface area contributed by atoms with E-state index < -0.39 is 0 Å². The minimum Gasteiger partial charge on any atom is -0.378 e. The van der Waals surface area contributed by atoms with Crippen LogP contribution in [0.5, 0.6) is 0 Å². The van der Waals surface area contributed by atoms with Crippen molar-refractivity contribution in [2.24, 2.45) is 0 Å². The lowest BCUT2D eigenvalue weighted by Crippen LogP contribution is -2.01. The number of benzene rings is 1. The fourth-order valence-electron chi connectivity index (χ4n) is 1.93. The molecule has 3 nitrogen and oxygen atoms in total. The molecule has 0 atom stereocenters. The maximum Gasteiger partial charge on any atom is 0.0825 e. The summed E-state index contributed by atoms with van der Waals surface area (Å²) in [7, 11) is 0. The normalized spacial score (nSPS) is 11.1. The van der Waals surface area contributed by atoms with Gasteiger partial charge in [-0.25, -0.2) is 0 Å². The van der Waals surface area contributed by atoms with Crippen LogP contribution in [0.1, 0.15) is 36.7 Å². The van der Waals surface area contributed by atoms with Crippen LogP contribution in [0, 0.1) is 13.8 Å². The summed E-state index contributed by atoms with van der Waals surface area (Å²) in [5, 5.41) is 7.95. The summed E-state index contributed by atoms with van der Waals surface area (Å²) in [5.41, 5.74) is 4.68. The molecule has 1 aromatic heterocycles. The molecule has 0 amide bonds. The second-order valence-corrected chi connectivity index (χ2v) is 5.99.